The van der Waals surface area contributed by atoms with Gasteiger partial charge in [-0.05, 0) is 30.9 Å². The summed E-state index contributed by atoms with van der Waals surface area (Å²) in [5.41, 5.74) is 5.18. The first-order valence-electron chi connectivity index (χ1n) is 6.36. The lowest BCUT2D eigenvalue weighted by atomic mass is 9.74. The third kappa shape index (κ3) is 1.75. The highest BCUT2D eigenvalue weighted by Gasteiger charge is 2.59. The van der Waals surface area contributed by atoms with Gasteiger partial charge in [0.25, 0.3) is 5.69 Å². The summed E-state index contributed by atoms with van der Waals surface area (Å²) in [5, 5.41) is 10.6. The zero-order chi connectivity index (χ0) is 14.5. The van der Waals surface area contributed by atoms with Crippen LogP contribution < -0.4 is 5.73 Å². The van der Waals surface area contributed by atoms with Crippen LogP contribution in [-0.4, -0.2) is 36.3 Å². The van der Waals surface area contributed by atoms with Crippen LogP contribution in [0.15, 0.2) is 29.2 Å². The Morgan fingerprint density at radius 3 is 2.45 bits per heavy atom. The number of hydrogen-bond acceptors (Lipinski definition) is 5. The molecule has 0 radical (unpaired) electrons. The molecule has 2 N–H and O–H groups in total. The molecular formula is C12H15N3O4S. The molecule has 0 atom stereocenters. The number of non-ortho nitro benzene ring substituents is 1. The number of hydrogen-bond donors (Lipinski definition) is 1. The fourth-order valence-electron chi connectivity index (χ4n) is 3.26. The minimum absolute atomic E-state index is 0.0866. The molecule has 1 aliphatic carbocycles. The van der Waals surface area contributed by atoms with Gasteiger partial charge in [-0.15, -0.1) is 0 Å². The molecule has 8 heteroatoms. The maximum Gasteiger partial charge on any atom is 0.269 e. The third-order valence-electron chi connectivity index (χ3n) is 4.31. The normalized spacial score (nSPS) is 29.1. The average Bonchev–Trinajstić information content (AvgIpc) is 2.94. The Morgan fingerprint density at radius 2 is 1.95 bits per heavy atom. The van der Waals surface area contributed by atoms with E-state index in [4.69, 9.17) is 5.73 Å². The Labute approximate surface area is 116 Å². The summed E-state index contributed by atoms with van der Waals surface area (Å²) in [5.74, 6) is 0.395. The van der Waals surface area contributed by atoms with Gasteiger partial charge < -0.3 is 5.73 Å². The van der Waals surface area contributed by atoms with Crippen LogP contribution in [0.5, 0.6) is 0 Å². The molecule has 0 spiro atoms. The molecule has 3 aliphatic rings. The van der Waals surface area contributed by atoms with Crippen molar-refractivity contribution in [3.8, 4) is 0 Å². The van der Waals surface area contributed by atoms with Gasteiger partial charge in [-0.1, -0.05) is 0 Å². The van der Waals surface area contributed by atoms with Gasteiger partial charge in [-0.2, -0.15) is 4.31 Å². The van der Waals surface area contributed by atoms with Crippen molar-refractivity contribution in [2.75, 3.05) is 13.1 Å². The van der Waals surface area contributed by atoms with Gasteiger partial charge >= 0.3 is 0 Å². The topological polar surface area (TPSA) is 107 Å². The van der Waals surface area contributed by atoms with Crippen LogP contribution in [0.1, 0.15) is 12.8 Å². The molecule has 20 heavy (non-hydrogen) atoms. The molecule has 1 aromatic carbocycles. The van der Waals surface area contributed by atoms with Crippen LogP contribution >= 0.6 is 0 Å². The highest BCUT2D eigenvalue weighted by molar-refractivity contribution is 7.89. The largest absolute Gasteiger partial charge is 0.329 e. The molecule has 3 fully saturated rings. The zero-order valence-corrected chi connectivity index (χ0v) is 11.5. The predicted molar refractivity (Wildman–Crippen MR) is 71.5 cm³/mol. The smallest absolute Gasteiger partial charge is 0.269 e. The number of nitrogens with zero attached hydrogens (tertiary/aromatic N) is 2. The van der Waals surface area contributed by atoms with Crippen LogP contribution in [0, 0.1) is 16.0 Å². The lowest BCUT2D eigenvalue weighted by Crippen LogP contribution is -2.53. The van der Waals surface area contributed by atoms with E-state index in [1.165, 1.54) is 28.6 Å². The predicted octanol–water partition coefficient (Wildman–Crippen LogP) is 0.707. The molecule has 2 heterocycles. The Kier molecular flexibility index (Phi) is 2.86. The van der Waals surface area contributed by atoms with Gasteiger partial charge in [-0.3, -0.25) is 10.1 Å². The number of benzene rings is 1. The monoisotopic (exact) mass is 297 g/mol. The Morgan fingerprint density at radius 1 is 1.35 bits per heavy atom. The van der Waals surface area contributed by atoms with E-state index < -0.39 is 20.5 Å². The summed E-state index contributed by atoms with van der Waals surface area (Å²) in [6.45, 7) is 0.812. The quantitative estimate of drug-likeness (QED) is 0.650. The number of nitrogens with two attached hydrogens (primary N) is 1. The summed E-state index contributed by atoms with van der Waals surface area (Å²) in [7, 11) is -3.63. The van der Waals surface area contributed by atoms with Crippen molar-refractivity contribution in [2.45, 2.75) is 23.3 Å². The number of rotatable bonds is 4. The van der Waals surface area contributed by atoms with E-state index in [1.54, 1.807) is 0 Å². The minimum Gasteiger partial charge on any atom is -0.329 e. The lowest BCUT2D eigenvalue weighted by Gasteiger charge is -2.40. The van der Waals surface area contributed by atoms with E-state index in [0.717, 1.165) is 12.8 Å². The van der Waals surface area contributed by atoms with Crippen LogP contribution in [0.25, 0.3) is 0 Å². The molecule has 0 aromatic heterocycles. The van der Waals surface area contributed by atoms with Crippen LogP contribution in [0.3, 0.4) is 0 Å². The molecule has 7 nitrogen and oxygen atoms in total. The van der Waals surface area contributed by atoms with E-state index in [0.29, 0.717) is 19.0 Å². The maximum atomic E-state index is 12.6. The minimum atomic E-state index is -3.63. The summed E-state index contributed by atoms with van der Waals surface area (Å²) >= 11 is 0. The molecule has 0 amide bonds. The molecule has 0 unspecified atom stereocenters. The Hall–Kier alpha value is -1.51. The van der Waals surface area contributed by atoms with Gasteiger partial charge in [0, 0.05) is 30.8 Å². The molecule has 2 saturated heterocycles. The van der Waals surface area contributed by atoms with Crippen LogP contribution in [-0.2, 0) is 10.0 Å². The average molecular weight is 297 g/mol. The van der Waals surface area contributed by atoms with Crippen molar-refractivity contribution < 1.29 is 13.3 Å². The fourth-order valence-corrected chi connectivity index (χ4v) is 5.14. The first-order valence-corrected chi connectivity index (χ1v) is 7.80. The van der Waals surface area contributed by atoms with Gasteiger partial charge in [0.05, 0.1) is 9.82 Å². The van der Waals surface area contributed by atoms with Crippen molar-refractivity contribution in [2.24, 2.45) is 11.7 Å². The van der Waals surface area contributed by atoms with E-state index in [9.17, 15) is 18.5 Å². The first-order chi connectivity index (χ1) is 9.39. The number of sulfonamides is 1. The van der Waals surface area contributed by atoms with Gasteiger partial charge in [0.15, 0.2) is 0 Å². The molecule has 2 aliphatic heterocycles. The van der Waals surface area contributed by atoms with Crippen molar-refractivity contribution in [3.63, 3.8) is 0 Å². The highest BCUT2D eigenvalue weighted by Crippen LogP contribution is 2.52. The van der Waals surface area contributed by atoms with E-state index in [2.05, 4.69) is 0 Å². The van der Waals surface area contributed by atoms with Crippen molar-refractivity contribution >= 4 is 15.7 Å². The molecule has 1 saturated carbocycles. The molecule has 4 rings (SSSR count). The fraction of sp³-hybridized carbons (Fsp3) is 0.500. The van der Waals surface area contributed by atoms with Crippen molar-refractivity contribution in [3.05, 3.63) is 34.4 Å². The zero-order valence-electron chi connectivity index (χ0n) is 10.7. The highest BCUT2D eigenvalue weighted by atomic mass is 32.2. The van der Waals surface area contributed by atoms with E-state index in [1.807, 2.05) is 0 Å². The SMILES string of the molecule is NCC12CC(CN1S(=O)(=O)c1ccc([N+](=O)[O-])cc1)C2. The summed E-state index contributed by atoms with van der Waals surface area (Å²) < 4.78 is 26.7. The van der Waals surface area contributed by atoms with Gasteiger partial charge in [0.1, 0.15) is 0 Å². The second kappa shape index (κ2) is 4.24. The summed E-state index contributed by atoms with van der Waals surface area (Å²) in [6.07, 6.45) is 1.63. The Bertz CT molecular complexity index is 650. The second-order valence-corrected chi connectivity index (χ2v) is 7.35. The van der Waals surface area contributed by atoms with Crippen LogP contribution in [0.4, 0.5) is 5.69 Å². The molecular weight excluding hydrogens is 282 g/mol. The number of fused-ring (bicyclic) bond motifs is 1. The summed E-state index contributed by atoms with van der Waals surface area (Å²) in [6, 6.07) is 4.99. The van der Waals surface area contributed by atoms with Crippen molar-refractivity contribution in [1.82, 2.24) is 4.31 Å². The number of nitro groups is 1. The van der Waals surface area contributed by atoms with Crippen LogP contribution in [0.2, 0.25) is 0 Å². The van der Waals surface area contributed by atoms with Crippen molar-refractivity contribution in [1.29, 1.82) is 0 Å². The molecule has 108 valence electrons. The summed E-state index contributed by atoms with van der Waals surface area (Å²) in [4.78, 5) is 10.1. The van der Waals surface area contributed by atoms with Gasteiger partial charge in [0.2, 0.25) is 10.0 Å². The standard InChI is InChI=1S/C12H15N3O4S/c13-8-12-5-9(6-12)7-14(12)20(18,19)11-3-1-10(2-4-11)15(16)17/h1-4,9H,5-8,13H2. The van der Waals surface area contributed by atoms with E-state index >= 15 is 0 Å². The maximum absolute atomic E-state index is 12.6. The number of nitro benzene ring substituents is 1. The second-order valence-electron chi connectivity index (χ2n) is 5.49. The first kappa shape index (κ1) is 13.5. The third-order valence-corrected chi connectivity index (χ3v) is 6.29. The molecule has 2 bridgehead atoms. The molecule has 1 aromatic rings. The van der Waals surface area contributed by atoms with Gasteiger partial charge in [-0.25, -0.2) is 8.42 Å². The van der Waals surface area contributed by atoms with E-state index in [-0.39, 0.29) is 10.6 Å². The Balaban J connectivity index is 1.94. The lowest BCUT2D eigenvalue weighted by molar-refractivity contribution is -0.384.